The summed E-state index contributed by atoms with van der Waals surface area (Å²) in [4.78, 5) is 10.6. The smallest absolute Gasteiger partial charge is 0.241 e. The van der Waals surface area contributed by atoms with Gasteiger partial charge in [0.25, 0.3) is 0 Å². The fraction of sp³-hybridized carbons (Fsp3) is 0.273. The van der Waals surface area contributed by atoms with Gasteiger partial charge < -0.3 is 4.74 Å². The number of hydrogen-bond acceptors (Lipinski definition) is 6. The van der Waals surface area contributed by atoms with E-state index in [0.717, 1.165) is 16.6 Å². The minimum atomic E-state index is 0.362. The van der Waals surface area contributed by atoms with Crippen LogP contribution in [0, 0.1) is 0 Å². The standard InChI is InChI=1S/C11H14N4OS/c1-3-5-16-9-8-6-7(4-2)17-10(8)14-11(13-9)15-12/h3,6H,1,4-5,12H2,2H3,(H,13,14,15). The van der Waals surface area contributed by atoms with E-state index in [-0.39, 0.29) is 0 Å². The molecule has 0 amide bonds. The van der Waals surface area contributed by atoms with Crippen LogP contribution in [0.1, 0.15) is 11.8 Å². The first-order valence-electron chi connectivity index (χ1n) is 5.29. The van der Waals surface area contributed by atoms with Gasteiger partial charge in [0.15, 0.2) is 0 Å². The van der Waals surface area contributed by atoms with E-state index in [0.29, 0.717) is 18.4 Å². The molecule has 0 bridgehead atoms. The Morgan fingerprint density at radius 2 is 2.41 bits per heavy atom. The van der Waals surface area contributed by atoms with Crippen LogP contribution in [0.4, 0.5) is 5.95 Å². The molecule has 0 spiro atoms. The lowest BCUT2D eigenvalue weighted by Crippen LogP contribution is -2.11. The molecule has 2 aromatic heterocycles. The highest BCUT2D eigenvalue weighted by Crippen LogP contribution is 2.31. The van der Waals surface area contributed by atoms with Crippen molar-refractivity contribution < 1.29 is 4.74 Å². The van der Waals surface area contributed by atoms with Crippen molar-refractivity contribution >= 4 is 27.5 Å². The molecule has 0 atom stereocenters. The lowest BCUT2D eigenvalue weighted by atomic mass is 10.3. The van der Waals surface area contributed by atoms with Crippen molar-refractivity contribution in [1.82, 2.24) is 9.97 Å². The number of ether oxygens (including phenoxy) is 1. The molecule has 5 nitrogen and oxygen atoms in total. The fourth-order valence-corrected chi connectivity index (χ4v) is 2.39. The Morgan fingerprint density at radius 3 is 3.06 bits per heavy atom. The molecule has 0 radical (unpaired) electrons. The van der Waals surface area contributed by atoms with Crippen LogP contribution >= 0.6 is 11.3 Å². The second-order valence-electron chi connectivity index (χ2n) is 3.38. The first kappa shape index (κ1) is 11.8. The van der Waals surface area contributed by atoms with E-state index in [2.05, 4.69) is 35.0 Å². The highest BCUT2D eigenvalue weighted by Gasteiger charge is 2.11. The van der Waals surface area contributed by atoms with Gasteiger partial charge in [0.2, 0.25) is 11.8 Å². The van der Waals surface area contributed by atoms with Crippen LogP contribution in [-0.2, 0) is 6.42 Å². The Labute approximate surface area is 103 Å². The minimum Gasteiger partial charge on any atom is -0.473 e. The van der Waals surface area contributed by atoms with E-state index in [9.17, 15) is 0 Å². The molecule has 2 heterocycles. The summed E-state index contributed by atoms with van der Waals surface area (Å²) in [5.74, 6) is 6.23. The Kier molecular flexibility index (Phi) is 3.55. The Hall–Kier alpha value is -1.66. The predicted molar refractivity (Wildman–Crippen MR) is 70.3 cm³/mol. The molecule has 0 aliphatic carbocycles. The zero-order valence-electron chi connectivity index (χ0n) is 9.56. The molecular weight excluding hydrogens is 236 g/mol. The number of nitrogens with one attached hydrogen (secondary N) is 1. The highest BCUT2D eigenvalue weighted by atomic mass is 32.1. The van der Waals surface area contributed by atoms with Gasteiger partial charge in [-0.05, 0) is 12.5 Å². The van der Waals surface area contributed by atoms with Crippen molar-refractivity contribution in [2.75, 3.05) is 12.0 Å². The topological polar surface area (TPSA) is 73.1 Å². The summed E-state index contributed by atoms with van der Waals surface area (Å²) < 4.78 is 5.51. The minimum absolute atomic E-state index is 0.362. The largest absolute Gasteiger partial charge is 0.473 e. The van der Waals surface area contributed by atoms with Gasteiger partial charge in [0.05, 0.1) is 5.39 Å². The first-order valence-corrected chi connectivity index (χ1v) is 6.11. The molecule has 3 N–H and O–H groups in total. The Balaban J connectivity index is 2.52. The summed E-state index contributed by atoms with van der Waals surface area (Å²) in [5.41, 5.74) is 2.44. The molecular formula is C11H14N4OS. The second-order valence-corrected chi connectivity index (χ2v) is 4.50. The Morgan fingerprint density at radius 1 is 1.59 bits per heavy atom. The Bertz CT molecular complexity index is 537. The summed E-state index contributed by atoms with van der Waals surface area (Å²) in [5, 5.41) is 0.924. The average Bonchev–Trinajstić information content (AvgIpc) is 2.78. The van der Waals surface area contributed by atoms with Crippen LogP contribution in [0.3, 0.4) is 0 Å². The third-order valence-corrected chi connectivity index (χ3v) is 3.40. The molecule has 90 valence electrons. The van der Waals surface area contributed by atoms with E-state index in [1.54, 1.807) is 17.4 Å². The van der Waals surface area contributed by atoms with Crippen molar-refractivity contribution in [2.45, 2.75) is 13.3 Å². The number of aryl methyl sites for hydroxylation is 1. The fourth-order valence-electron chi connectivity index (χ4n) is 1.43. The molecule has 2 aromatic rings. The summed E-state index contributed by atoms with van der Waals surface area (Å²) in [6, 6.07) is 2.05. The maximum absolute atomic E-state index is 5.51. The van der Waals surface area contributed by atoms with E-state index < -0.39 is 0 Å². The zero-order valence-corrected chi connectivity index (χ0v) is 10.4. The lowest BCUT2D eigenvalue weighted by Gasteiger charge is -2.05. The molecule has 2 rings (SSSR count). The number of nitrogens with zero attached hydrogens (tertiary/aromatic N) is 2. The van der Waals surface area contributed by atoms with Crippen molar-refractivity contribution in [3.63, 3.8) is 0 Å². The van der Waals surface area contributed by atoms with Gasteiger partial charge in [0.1, 0.15) is 11.4 Å². The summed E-state index contributed by atoms with van der Waals surface area (Å²) in [7, 11) is 0. The summed E-state index contributed by atoms with van der Waals surface area (Å²) >= 11 is 1.62. The summed E-state index contributed by atoms with van der Waals surface area (Å²) in [6.07, 6.45) is 2.64. The molecule has 0 aliphatic rings. The average molecular weight is 250 g/mol. The molecule has 17 heavy (non-hydrogen) atoms. The van der Waals surface area contributed by atoms with E-state index in [1.165, 1.54) is 4.88 Å². The van der Waals surface area contributed by atoms with Crippen molar-refractivity contribution in [3.8, 4) is 5.88 Å². The molecule has 0 saturated heterocycles. The summed E-state index contributed by atoms with van der Waals surface area (Å²) in [6.45, 7) is 6.13. The quantitative estimate of drug-likeness (QED) is 0.483. The number of nitrogen functional groups attached to an aromatic ring is 1. The predicted octanol–water partition coefficient (Wildman–Crippen LogP) is 2.10. The second kappa shape index (κ2) is 5.11. The number of nitrogens with two attached hydrogens (primary N) is 1. The van der Waals surface area contributed by atoms with Gasteiger partial charge in [-0.25, -0.2) is 10.8 Å². The molecule has 0 saturated carbocycles. The van der Waals surface area contributed by atoms with Gasteiger partial charge in [-0.15, -0.1) is 11.3 Å². The van der Waals surface area contributed by atoms with Crippen LogP contribution in [0.25, 0.3) is 10.2 Å². The maximum atomic E-state index is 5.51. The van der Waals surface area contributed by atoms with Gasteiger partial charge in [0, 0.05) is 4.88 Å². The lowest BCUT2D eigenvalue weighted by molar-refractivity contribution is 0.353. The third kappa shape index (κ3) is 2.37. The van der Waals surface area contributed by atoms with Gasteiger partial charge in [-0.3, -0.25) is 5.43 Å². The zero-order chi connectivity index (χ0) is 12.3. The number of hydrazine groups is 1. The SMILES string of the molecule is C=CCOc1nc(NN)nc2sc(CC)cc12. The molecule has 6 heteroatoms. The number of rotatable bonds is 5. The van der Waals surface area contributed by atoms with Gasteiger partial charge in [-0.1, -0.05) is 19.6 Å². The van der Waals surface area contributed by atoms with Crippen LogP contribution < -0.4 is 16.0 Å². The molecule has 0 fully saturated rings. The van der Waals surface area contributed by atoms with Gasteiger partial charge in [-0.2, -0.15) is 4.98 Å². The van der Waals surface area contributed by atoms with Crippen LogP contribution in [0.2, 0.25) is 0 Å². The maximum Gasteiger partial charge on any atom is 0.241 e. The highest BCUT2D eigenvalue weighted by molar-refractivity contribution is 7.18. The molecule has 0 aliphatic heterocycles. The van der Waals surface area contributed by atoms with Crippen molar-refractivity contribution in [1.29, 1.82) is 0 Å². The number of fused-ring (bicyclic) bond motifs is 1. The number of anilines is 1. The monoisotopic (exact) mass is 250 g/mol. The van der Waals surface area contributed by atoms with Crippen LogP contribution in [0.15, 0.2) is 18.7 Å². The van der Waals surface area contributed by atoms with Crippen molar-refractivity contribution in [3.05, 3.63) is 23.6 Å². The number of hydrogen-bond donors (Lipinski definition) is 2. The molecule has 0 aromatic carbocycles. The normalized spacial score (nSPS) is 10.5. The van der Waals surface area contributed by atoms with Gasteiger partial charge >= 0.3 is 0 Å². The third-order valence-electron chi connectivity index (χ3n) is 2.22. The van der Waals surface area contributed by atoms with E-state index in [1.807, 2.05) is 0 Å². The van der Waals surface area contributed by atoms with Crippen LogP contribution in [0.5, 0.6) is 5.88 Å². The van der Waals surface area contributed by atoms with Crippen LogP contribution in [-0.4, -0.2) is 16.6 Å². The first-order chi connectivity index (χ1) is 8.28. The van der Waals surface area contributed by atoms with Crippen molar-refractivity contribution in [2.24, 2.45) is 5.84 Å². The van der Waals surface area contributed by atoms with E-state index in [4.69, 9.17) is 10.6 Å². The number of thiophene rings is 1. The number of aromatic nitrogens is 2. The molecule has 0 unspecified atom stereocenters. The van der Waals surface area contributed by atoms with E-state index >= 15 is 0 Å².